The first-order valence-corrected chi connectivity index (χ1v) is 14.1. The molecule has 1 saturated carbocycles. The summed E-state index contributed by atoms with van der Waals surface area (Å²) in [4.78, 5) is 23.3. The SMILES string of the molecule is CCCCOc1ccc2c(c1)CCc1nc(NC(=O)Cc3ccc(Br)cc3)c(C3CCCCC3)nc1-2. The fourth-order valence-corrected chi connectivity index (χ4v) is 5.54. The van der Waals surface area contributed by atoms with Crippen molar-refractivity contribution in [3.05, 3.63) is 69.5 Å². The summed E-state index contributed by atoms with van der Waals surface area (Å²) in [6, 6.07) is 14.2. The monoisotopic (exact) mass is 547 g/mol. The van der Waals surface area contributed by atoms with Gasteiger partial charge >= 0.3 is 0 Å². The molecule has 1 fully saturated rings. The van der Waals surface area contributed by atoms with Crippen molar-refractivity contribution in [3.8, 4) is 17.0 Å². The number of benzene rings is 2. The first kappa shape index (κ1) is 24.9. The van der Waals surface area contributed by atoms with Crippen molar-refractivity contribution in [1.82, 2.24) is 9.97 Å². The minimum atomic E-state index is -0.0475. The molecule has 1 amide bonds. The molecule has 3 aromatic rings. The Morgan fingerprint density at radius 2 is 1.86 bits per heavy atom. The number of hydrogen-bond acceptors (Lipinski definition) is 4. The van der Waals surface area contributed by atoms with Gasteiger partial charge in [0.1, 0.15) is 5.75 Å². The average Bonchev–Trinajstić information content (AvgIpc) is 2.90. The highest BCUT2D eigenvalue weighted by Crippen LogP contribution is 2.39. The fourth-order valence-electron chi connectivity index (χ4n) is 5.27. The van der Waals surface area contributed by atoms with E-state index < -0.39 is 0 Å². The number of aromatic nitrogens is 2. The third-order valence-corrected chi connectivity index (χ3v) is 7.78. The van der Waals surface area contributed by atoms with Gasteiger partial charge in [-0.3, -0.25) is 4.79 Å². The summed E-state index contributed by atoms with van der Waals surface area (Å²) >= 11 is 3.46. The van der Waals surface area contributed by atoms with E-state index in [0.29, 0.717) is 18.2 Å². The van der Waals surface area contributed by atoms with Crippen LogP contribution in [0.1, 0.15) is 80.3 Å². The van der Waals surface area contributed by atoms with E-state index in [1.165, 1.54) is 24.8 Å². The molecule has 0 unspecified atom stereocenters. The van der Waals surface area contributed by atoms with Gasteiger partial charge in [-0.25, -0.2) is 9.97 Å². The van der Waals surface area contributed by atoms with Crippen LogP contribution in [-0.4, -0.2) is 22.5 Å². The number of anilines is 1. The summed E-state index contributed by atoms with van der Waals surface area (Å²) in [7, 11) is 0. The predicted octanol–water partition coefficient (Wildman–Crippen LogP) is 7.41. The van der Waals surface area contributed by atoms with E-state index in [1.54, 1.807) is 0 Å². The Kier molecular flexibility index (Phi) is 8.00. The van der Waals surface area contributed by atoms with E-state index in [-0.39, 0.29) is 5.91 Å². The highest BCUT2D eigenvalue weighted by Gasteiger charge is 2.27. The van der Waals surface area contributed by atoms with Crippen LogP contribution < -0.4 is 10.1 Å². The molecule has 5 nitrogen and oxygen atoms in total. The van der Waals surface area contributed by atoms with Crippen LogP contribution in [0.25, 0.3) is 11.3 Å². The number of fused-ring (bicyclic) bond motifs is 3. The van der Waals surface area contributed by atoms with Gasteiger partial charge in [-0.1, -0.05) is 60.7 Å². The Morgan fingerprint density at radius 3 is 2.64 bits per heavy atom. The van der Waals surface area contributed by atoms with Gasteiger partial charge in [0, 0.05) is 16.0 Å². The number of unbranched alkanes of at least 4 members (excludes halogenated alkanes) is 1. The summed E-state index contributed by atoms with van der Waals surface area (Å²) in [5.74, 6) is 1.88. The van der Waals surface area contributed by atoms with Gasteiger partial charge in [0.15, 0.2) is 5.82 Å². The van der Waals surface area contributed by atoms with Crippen molar-refractivity contribution in [1.29, 1.82) is 0 Å². The molecule has 2 aromatic carbocycles. The lowest BCUT2D eigenvalue weighted by Crippen LogP contribution is -2.21. The number of halogens is 1. The number of carbonyl (C=O) groups excluding carboxylic acids is 1. The number of nitrogens with one attached hydrogen (secondary N) is 1. The minimum absolute atomic E-state index is 0.0475. The molecule has 6 heteroatoms. The number of carbonyl (C=O) groups is 1. The van der Waals surface area contributed by atoms with E-state index >= 15 is 0 Å². The van der Waals surface area contributed by atoms with E-state index in [0.717, 1.165) is 83.6 Å². The molecule has 2 aliphatic rings. The maximum Gasteiger partial charge on any atom is 0.229 e. The Morgan fingerprint density at radius 1 is 1.06 bits per heavy atom. The van der Waals surface area contributed by atoms with Crippen LogP contribution >= 0.6 is 15.9 Å². The summed E-state index contributed by atoms with van der Waals surface area (Å²) in [5, 5.41) is 3.14. The first-order valence-electron chi connectivity index (χ1n) is 13.3. The quantitative estimate of drug-likeness (QED) is 0.298. The molecule has 1 heterocycles. The number of ether oxygens (including phenoxy) is 1. The molecular formula is C30H34BrN3O2. The van der Waals surface area contributed by atoms with Crippen molar-refractivity contribution in [3.63, 3.8) is 0 Å². The molecule has 1 aromatic heterocycles. The molecular weight excluding hydrogens is 514 g/mol. The normalized spacial score (nSPS) is 15.2. The standard InChI is InChI=1S/C30H34BrN3O2/c1-2-3-17-36-24-14-15-25-22(19-24)11-16-26-29(25)34-28(21-7-5-4-6-8-21)30(32-26)33-27(35)18-20-9-12-23(31)13-10-20/h9-10,12-15,19,21H,2-8,11,16-18H2,1H3,(H,32,33,35). The molecule has 5 rings (SSSR count). The molecule has 0 spiro atoms. The zero-order valence-corrected chi connectivity index (χ0v) is 22.6. The van der Waals surface area contributed by atoms with Crippen molar-refractivity contribution in [2.75, 3.05) is 11.9 Å². The molecule has 0 aliphatic heterocycles. The van der Waals surface area contributed by atoms with Crippen molar-refractivity contribution < 1.29 is 9.53 Å². The van der Waals surface area contributed by atoms with Crippen molar-refractivity contribution in [2.24, 2.45) is 0 Å². The Balaban J connectivity index is 1.44. The van der Waals surface area contributed by atoms with Crippen LogP contribution in [0.4, 0.5) is 5.82 Å². The summed E-state index contributed by atoms with van der Waals surface area (Å²) in [5.41, 5.74) is 6.30. The number of rotatable bonds is 8. The van der Waals surface area contributed by atoms with Gasteiger partial charge in [-0.05, 0) is 73.6 Å². The molecule has 2 aliphatic carbocycles. The van der Waals surface area contributed by atoms with Crippen molar-refractivity contribution >= 4 is 27.7 Å². The maximum atomic E-state index is 13.0. The van der Waals surface area contributed by atoms with E-state index in [1.807, 2.05) is 24.3 Å². The lowest BCUT2D eigenvalue weighted by atomic mass is 9.85. The zero-order valence-electron chi connectivity index (χ0n) is 21.0. The van der Waals surface area contributed by atoms with E-state index in [4.69, 9.17) is 14.7 Å². The van der Waals surface area contributed by atoms with Gasteiger partial charge < -0.3 is 10.1 Å². The number of amides is 1. The second kappa shape index (κ2) is 11.5. The lowest BCUT2D eigenvalue weighted by molar-refractivity contribution is -0.115. The molecule has 0 atom stereocenters. The summed E-state index contributed by atoms with van der Waals surface area (Å²) in [6.45, 7) is 2.92. The smallest absolute Gasteiger partial charge is 0.229 e. The van der Waals surface area contributed by atoms with Crippen LogP contribution in [0.2, 0.25) is 0 Å². The second-order valence-electron chi connectivity index (χ2n) is 9.96. The number of aryl methyl sites for hydroxylation is 2. The maximum absolute atomic E-state index is 13.0. The second-order valence-corrected chi connectivity index (χ2v) is 10.9. The number of hydrogen-bond donors (Lipinski definition) is 1. The molecule has 0 bridgehead atoms. The summed E-state index contributed by atoms with van der Waals surface area (Å²) < 4.78 is 6.96. The van der Waals surface area contributed by atoms with Gasteiger partial charge in [0.25, 0.3) is 0 Å². The van der Waals surface area contributed by atoms with E-state index in [9.17, 15) is 4.79 Å². The molecule has 1 N–H and O–H groups in total. The highest BCUT2D eigenvalue weighted by molar-refractivity contribution is 9.10. The minimum Gasteiger partial charge on any atom is -0.494 e. The van der Waals surface area contributed by atoms with E-state index in [2.05, 4.69) is 46.4 Å². The van der Waals surface area contributed by atoms with Crippen molar-refractivity contribution in [2.45, 2.75) is 77.0 Å². The third kappa shape index (κ3) is 5.80. The Bertz CT molecular complexity index is 1220. The molecule has 0 saturated heterocycles. The topological polar surface area (TPSA) is 64.1 Å². The fraction of sp³-hybridized carbons (Fsp3) is 0.433. The Labute approximate surface area is 222 Å². The largest absolute Gasteiger partial charge is 0.494 e. The number of nitrogens with zero attached hydrogens (tertiary/aromatic N) is 2. The van der Waals surface area contributed by atoms with Crippen LogP contribution in [0, 0.1) is 0 Å². The first-order chi connectivity index (χ1) is 17.6. The third-order valence-electron chi connectivity index (χ3n) is 7.25. The highest BCUT2D eigenvalue weighted by atomic mass is 79.9. The lowest BCUT2D eigenvalue weighted by Gasteiger charge is -2.26. The van der Waals surface area contributed by atoms with Crippen LogP contribution in [0.3, 0.4) is 0 Å². The Hall–Kier alpha value is -2.73. The molecule has 36 heavy (non-hydrogen) atoms. The zero-order chi connectivity index (χ0) is 24.9. The van der Waals surface area contributed by atoms with Crippen LogP contribution in [0.5, 0.6) is 5.75 Å². The van der Waals surface area contributed by atoms with Gasteiger partial charge in [0.05, 0.1) is 30.1 Å². The summed E-state index contributed by atoms with van der Waals surface area (Å²) in [6.07, 6.45) is 10.1. The van der Waals surface area contributed by atoms with Gasteiger partial charge in [-0.2, -0.15) is 0 Å². The average molecular weight is 549 g/mol. The predicted molar refractivity (Wildman–Crippen MR) is 148 cm³/mol. The van der Waals surface area contributed by atoms with Gasteiger partial charge in [-0.15, -0.1) is 0 Å². The van der Waals surface area contributed by atoms with Crippen LogP contribution in [-0.2, 0) is 24.1 Å². The molecule has 0 radical (unpaired) electrons. The van der Waals surface area contributed by atoms with Crippen LogP contribution in [0.15, 0.2) is 46.9 Å². The van der Waals surface area contributed by atoms with Gasteiger partial charge in [0.2, 0.25) is 5.91 Å². The molecule has 188 valence electrons.